The second-order valence-corrected chi connectivity index (χ2v) is 3.73. The summed E-state index contributed by atoms with van der Waals surface area (Å²) in [5.74, 6) is 0. The first-order valence-electron chi connectivity index (χ1n) is 3.93. The zero-order chi connectivity index (χ0) is 8.97. The zero-order valence-corrected chi connectivity index (χ0v) is 8.06. The summed E-state index contributed by atoms with van der Waals surface area (Å²) in [5, 5.41) is 13.8. The SMILES string of the molecule is CC(C#N)NC(C)c1cccs1. The van der Waals surface area contributed by atoms with Crippen LogP contribution in [0.5, 0.6) is 0 Å². The highest BCUT2D eigenvalue weighted by Crippen LogP contribution is 2.18. The number of hydrogen-bond donors (Lipinski definition) is 1. The largest absolute Gasteiger partial charge is 0.295 e. The van der Waals surface area contributed by atoms with Gasteiger partial charge in [-0.2, -0.15) is 5.26 Å². The fraction of sp³-hybridized carbons (Fsp3) is 0.444. The van der Waals surface area contributed by atoms with Crippen LogP contribution in [-0.4, -0.2) is 6.04 Å². The normalized spacial score (nSPS) is 15.1. The summed E-state index contributed by atoms with van der Waals surface area (Å²) in [5.41, 5.74) is 0. The van der Waals surface area contributed by atoms with Gasteiger partial charge in [0.05, 0.1) is 12.1 Å². The second-order valence-electron chi connectivity index (χ2n) is 2.75. The van der Waals surface area contributed by atoms with Gasteiger partial charge in [0.25, 0.3) is 0 Å². The molecule has 64 valence electrons. The minimum absolute atomic E-state index is 0.0814. The lowest BCUT2D eigenvalue weighted by Crippen LogP contribution is -2.26. The second kappa shape index (κ2) is 4.24. The van der Waals surface area contributed by atoms with E-state index in [1.54, 1.807) is 11.3 Å². The standard InChI is InChI=1S/C9H12N2S/c1-7(6-10)11-8(2)9-4-3-5-12-9/h3-5,7-8,11H,1-2H3. The van der Waals surface area contributed by atoms with Crippen LogP contribution in [0, 0.1) is 11.3 Å². The smallest absolute Gasteiger partial charge is 0.0929 e. The van der Waals surface area contributed by atoms with Gasteiger partial charge in [-0.3, -0.25) is 5.32 Å². The monoisotopic (exact) mass is 180 g/mol. The van der Waals surface area contributed by atoms with E-state index < -0.39 is 0 Å². The van der Waals surface area contributed by atoms with E-state index in [9.17, 15) is 0 Å². The molecule has 0 spiro atoms. The lowest BCUT2D eigenvalue weighted by molar-refractivity contribution is 0.550. The fourth-order valence-electron chi connectivity index (χ4n) is 1.03. The van der Waals surface area contributed by atoms with E-state index in [1.165, 1.54) is 4.88 Å². The molecule has 12 heavy (non-hydrogen) atoms. The van der Waals surface area contributed by atoms with Gasteiger partial charge in [-0.25, -0.2) is 0 Å². The van der Waals surface area contributed by atoms with Crippen LogP contribution in [0.4, 0.5) is 0 Å². The Morgan fingerprint density at radius 2 is 2.33 bits per heavy atom. The van der Waals surface area contributed by atoms with Crippen molar-refractivity contribution >= 4 is 11.3 Å². The number of rotatable bonds is 3. The molecule has 1 N–H and O–H groups in total. The molecule has 0 fully saturated rings. The average Bonchev–Trinajstić information content (AvgIpc) is 2.56. The third-order valence-electron chi connectivity index (χ3n) is 1.66. The van der Waals surface area contributed by atoms with Crippen molar-refractivity contribution in [3.05, 3.63) is 22.4 Å². The highest BCUT2D eigenvalue weighted by atomic mass is 32.1. The number of nitriles is 1. The molecular formula is C9H12N2S. The van der Waals surface area contributed by atoms with Crippen LogP contribution in [0.1, 0.15) is 24.8 Å². The van der Waals surface area contributed by atoms with Crippen LogP contribution in [0.25, 0.3) is 0 Å². The van der Waals surface area contributed by atoms with E-state index in [0.29, 0.717) is 0 Å². The molecule has 0 radical (unpaired) electrons. The van der Waals surface area contributed by atoms with Crippen molar-refractivity contribution in [1.29, 1.82) is 5.26 Å². The molecule has 0 aliphatic heterocycles. The van der Waals surface area contributed by atoms with Crippen LogP contribution in [0.15, 0.2) is 17.5 Å². The maximum Gasteiger partial charge on any atom is 0.0929 e. The fourth-order valence-corrected chi connectivity index (χ4v) is 1.78. The number of thiophene rings is 1. The molecule has 0 saturated heterocycles. The Hall–Kier alpha value is -0.850. The van der Waals surface area contributed by atoms with Gasteiger partial charge in [-0.05, 0) is 25.3 Å². The van der Waals surface area contributed by atoms with E-state index in [1.807, 2.05) is 18.4 Å². The molecule has 0 saturated carbocycles. The molecule has 2 unspecified atom stereocenters. The summed E-state index contributed by atoms with van der Waals surface area (Å²) in [6, 6.07) is 6.45. The topological polar surface area (TPSA) is 35.8 Å². The molecule has 0 bridgehead atoms. The lowest BCUT2D eigenvalue weighted by atomic mass is 10.2. The molecule has 0 aromatic carbocycles. The van der Waals surface area contributed by atoms with Gasteiger partial charge in [0.2, 0.25) is 0 Å². The van der Waals surface area contributed by atoms with Crippen LogP contribution < -0.4 is 5.32 Å². The Bertz CT molecular complexity index is 261. The molecule has 1 aromatic heterocycles. The predicted molar refractivity (Wildman–Crippen MR) is 50.9 cm³/mol. The first kappa shape index (κ1) is 9.24. The quantitative estimate of drug-likeness (QED) is 0.774. The third-order valence-corrected chi connectivity index (χ3v) is 2.72. The Kier molecular flexibility index (Phi) is 3.27. The van der Waals surface area contributed by atoms with Gasteiger partial charge < -0.3 is 0 Å². The minimum atomic E-state index is -0.0814. The Morgan fingerprint density at radius 1 is 1.58 bits per heavy atom. The van der Waals surface area contributed by atoms with E-state index in [-0.39, 0.29) is 12.1 Å². The van der Waals surface area contributed by atoms with Crippen LogP contribution in [0.3, 0.4) is 0 Å². The van der Waals surface area contributed by atoms with E-state index in [0.717, 1.165) is 0 Å². The Labute approximate surface area is 76.8 Å². The Morgan fingerprint density at radius 3 is 2.83 bits per heavy atom. The van der Waals surface area contributed by atoms with Crippen molar-refractivity contribution in [2.45, 2.75) is 25.9 Å². The van der Waals surface area contributed by atoms with Gasteiger partial charge in [0.1, 0.15) is 0 Å². The van der Waals surface area contributed by atoms with E-state index in [4.69, 9.17) is 5.26 Å². The maximum absolute atomic E-state index is 8.57. The molecule has 2 nitrogen and oxygen atoms in total. The number of hydrogen-bond acceptors (Lipinski definition) is 3. The third kappa shape index (κ3) is 2.33. The van der Waals surface area contributed by atoms with Gasteiger partial charge in [0, 0.05) is 10.9 Å². The van der Waals surface area contributed by atoms with Crippen LogP contribution in [0.2, 0.25) is 0 Å². The summed E-state index contributed by atoms with van der Waals surface area (Å²) in [7, 11) is 0. The molecule has 0 aliphatic rings. The maximum atomic E-state index is 8.57. The van der Waals surface area contributed by atoms with Crippen molar-refractivity contribution in [1.82, 2.24) is 5.32 Å². The first-order chi connectivity index (χ1) is 5.74. The van der Waals surface area contributed by atoms with Gasteiger partial charge >= 0.3 is 0 Å². The van der Waals surface area contributed by atoms with Gasteiger partial charge in [-0.1, -0.05) is 6.07 Å². The molecule has 1 heterocycles. The van der Waals surface area contributed by atoms with Crippen LogP contribution in [-0.2, 0) is 0 Å². The molecule has 3 heteroatoms. The first-order valence-corrected chi connectivity index (χ1v) is 4.81. The number of nitrogens with zero attached hydrogens (tertiary/aromatic N) is 1. The van der Waals surface area contributed by atoms with Crippen molar-refractivity contribution < 1.29 is 0 Å². The number of nitrogens with one attached hydrogen (secondary N) is 1. The Balaban J connectivity index is 2.51. The van der Waals surface area contributed by atoms with Crippen molar-refractivity contribution in [2.75, 3.05) is 0 Å². The molecule has 2 atom stereocenters. The summed E-state index contributed by atoms with van der Waals surface area (Å²) in [6.07, 6.45) is 0. The summed E-state index contributed by atoms with van der Waals surface area (Å²) < 4.78 is 0. The van der Waals surface area contributed by atoms with Crippen LogP contribution >= 0.6 is 11.3 Å². The average molecular weight is 180 g/mol. The molecule has 1 rings (SSSR count). The molecular weight excluding hydrogens is 168 g/mol. The summed E-state index contributed by atoms with van der Waals surface area (Å²) in [4.78, 5) is 1.28. The molecule has 0 amide bonds. The highest BCUT2D eigenvalue weighted by Gasteiger charge is 2.08. The van der Waals surface area contributed by atoms with E-state index in [2.05, 4.69) is 24.4 Å². The van der Waals surface area contributed by atoms with Gasteiger partial charge in [0.15, 0.2) is 0 Å². The molecule has 1 aromatic rings. The van der Waals surface area contributed by atoms with E-state index >= 15 is 0 Å². The minimum Gasteiger partial charge on any atom is -0.295 e. The van der Waals surface area contributed by atoms with Gasteiger partial charge in [-0.15, -0.1) is 11.3 Å². The zero-order valence-electron chi connectivity index (χ0n) is 7.24. The molecule has 0 aliphatic carbocycles. The van der Waals surface area contributed by atoms with Crippen molar-refractivity contribution in [2.24, 2.45) is 0 Å². The van der Waals surface area contributed by atoms with Crippen molar-refractivity contribution in [3.63, 3.8) is 0 Å². The summed E-state index contributed by atoms with van der Waals surface area (Å²) >= 11 is 1.71. The predicted octanol–water partition coefficient (Wildman–Crippen LogP) is 2.31. The van der Waals surface area contributed by atoms with Crippen molar-refractivity contribution in [3.8, 4) is 6.07 Å². The summed E-state index contributed by atoms with van der Waals surface area (Å²) in [6.45, 7) is 3.93. The lowest BCUT2D eigenvalue weighted by Gasteiger charge is -2.12. The highest BCUT2D eigenvalue weighted by molar-refractivity contribution is 7.10.